The maximum atomic E-state index is 10.8. The standard InChI is InChI=1S/C11H18N2O/c1-5-9(4)13-6-10(7-14)11(12-13)8(2)3/h6-9H,5H2,1-4H3. The maximum Gasteiger partial charge on any atom is 0.153 e. The Labute approximate surface area is 85.1 Å². The van der Waals surface area contributed by atoms with Gasteiger partial charge in [-0.2, -0.15) is 5.10 Å². The van der Waals surface area contributed by atoms with Crippen molar-refractivity contribution >= 4 is 6.29 Å². The second-order valence-corrected chi connectivity index (χ2v) is 3.98. The molecule has 0 aromatic carbocycles. The molecule has 1 heterocycles. The van der Waals surface area contributed by atoms with Crippen LogP contribution in [0.15, 0.2) is 6.20 Å². The van der Waals surface area contributed by atoms with Gasteiger partial charge in [-0.05, 0) is 19.3 Å². The highest BCUT2D eigenvalue weighted by Crippen LogP contribution is 2.19. The van der Waals surface area contributed by atoms with Crippen molar-refractivity contribution in [2.45, 2.75) is 46.1 Å². The van der Waals surface area contributed by atoms with Crippen LogP contribution in [0.3, 0.4) is 0 Å². The lowest BCUT2D eigenvalue weighted by atomic mass is 10.1. The van der Waals surface area contributed by atoms with Crippen molar-refractivity contribution in [2.75, 3.05) is 0 Å². The Morgan fingerprint density at radius 3 is 2.50 bits per heavy atom. The molecule has 0 saturated carbocycles. The van der Waals surface area contributed by atoms with Crippen molar-refractivity contribution in [1.29, 1.82) is 0 Å². The van der Waals surface area contributed by atoms with Gasteiger partial charge in [-0.3, -0.25) is 9.48 Å². The van der Waals surface area contributed by atoms with Crippen molar-refractivity contribution in [3.8, 4) is 0 Å². The second kappa shape index (κ2) is 4.40. The van der Waals surface area contributed by atoms with E-state index >= 15 is 0 Å². The van der Waals surface area contributed by atoms with Crippen molar-refractivity contribution in [1.82, 2.24) is 9.78 Å². The molecule has 0 saturated heterocycles. The lowest BCUT2D eigenvalue weighted by Crippen LogP contribution is -2.05. The Kier molecular flexibility index (Phi) is 3.44. The molecule has 3 nitrogen and oxygen atoms in total. The van der Waals surface area contributed by atoms with E-state index in [1.165, 1.54) is 0 Å². The Morgan fingerprint density at radius 2 is 2.14 bits per heavy atom. The molecule has 0 radical (unpaired) electrons. The molecule has 0 aliphatic rings. The summed E-state index contributed by atoms with van der Waals surface area (Å²) in [6.45, 7) is 8.32. The van der Waals surface area contributed by atoms with Crippen LogP contribution in [0.5, 0.6) is 0 Å². The first kappa shape index (κ1) is 11.0. The number of aromatic nitrogens is 2. The Morgan fingerprint density at radius 1 is 1.50 bits per heavy atom. The van der Waals surface area contributed by atoms with E-state index < -0.39 is 0 Å². The molecule has 0 fully saturated rings. The fourth-order valence-electron chi connectivity index (χ4n) is 1.37. The third kappa shape index (κ3) is 2.03. The van der Waals surface area contributed by atoms with E-state index in [1.807, 2.05) is 10.9 Å². The van der Waals surface area contributed by atoms with Crippen molar-refractivity contribution < 1.29 is 4.79 Å². The summed E-state index contributed by atoms with van der Waals surface area (Å²) in [5, 5.41) is 4.44. The molecule has 1 aromatic heterocycles. The van der Waals surface area contributed by atoms with Crippen molar-refractivity contribution in [2.24, 2.45) is 0 Å². The van der Waals surface area contributed by atoms with Crippen LogP contribution in [0, 0.1) is 0 Å². The molecule has 78 valence electrons. The average Bonchev–Trinajstić information content (AvgIpc) is 2.60. The molecule has 3 heteroatoms. The highest BCUT2D eigenvalue weighted by atomic mass is 16.1. The summed E-state index contributed by atoms with van der Waals surface area (Å²) in [6.07, 6.45) is 3.76. The molecule has 0 aliphatic heterocycles. The van der Waals surface area contributed by atoms with E-state index in [-0.39, 0.29) is 0 Å². The number of hydrogen-bond donors (Lipinski definition) is 0. The Hall–Kier alpha value is -1.12. The first-order chi connectivity index (χ1) is 6.60. The van der Waals surface area contributed by atoms with Gasteiger partial charge in [0.05, 0.1) is 11.3 Å². The molecule has 0 N–H and O–H groups in total. The van der Waals surface area contributed by atoms with E-state index in [9.17, 15) is 4.79 Å². The van der Waals surface area contributed by atoms with Gasteiger partial charge in [0.15, 0.2) is 6.29 Å². The topological polar surface area (TPSA) is 34.9 Å². The number of carbonyl (C=O) groups is 1. The molecule has 1 aromatic rings. The molecular formula is C11H18N2O. The van der Waals surface area contributed by atoms with Gasteiger partial charge in [-0.1, -0.05) is 20.8 Å². The van der Waals surface area contributed by atoms with Gasteiger partial charge in [-0.25, -0.2) is 0 Å². The van der Waals surface area contributed by atoms with Gasteiger partial charge in [0, 0.05) is 12.2 Å². The van der Waals surface area contributed by atoms with Gasteiger partial charge < -0.3 is 0 Å². The highest BCUT2D eigenvalue weighted by molar-refractivity contribution is 5.76. The molecule has 0 amide bonds. The Balaban J connectivity index is 3.06. The molecule has 0 bridgehead atoms. The molecule has 0 spiro atoms. The summed E-state index contributed by atoms with van der Waals surface area (Å²) in [5.74, 6) is 0.306. The zero-order valence-electron chi connectivity index (χ0n) is 9.32. The molecule has 1 rings (SSSR count). The largest absolute Gasteiger partial charge is 0.298 e. The van der Waals surface area contributed by atoms with Crippen LogP contribution >= 0.6 is 0 Å². The van der Waals surface area contributed by atoms with Crippen molar-refractivity contribution in [3.63, 3.8) is 0 Å². The maximum absolute atomic E-state index is 10.8. The zero-order chi connectivity index (χ0) is 10.7. The van der Waals surface area contributed by atoms with Gasteiger partial charge in [0.2, 0.25) is 0 Å². The lowest BCUT2D eigenvalue weighted by Gasteiger charge is -2.08. The first-order valence-electron chi connectivity index (χ1n) is 5.14. The SMILES string of the molecule is CCC(C)n1cc(C=O)c(C(C)C)n1. The van der Waals surface area contributed by atoms with E-state index in [0.29, 0.717) is 12.0 Å². The molecule has 1 unspecified atom stereocenters. The minimum atomic E-state index is 0.306. The first-order valence-corrected chi connectivity index (χ1v) is 5.14. The molecule has 0 aliphatic carbocycles. The quantitative estimate of drug-likeness (QED) is 0.691. The van der Waals surface area contributed by atoms with Crippen LogP contribution in [0.1, 0.15) is 62.1 Å². The smallest absolute Gasteiger partial charge is 0.153 e. The number of aldehydes is 1. The van der Waals surface area contributed by atoms with E-state index in [1.54, 1.807) is 0 Å². The van der Waals surface area contributed by atoms with Crippen LogP contribution in [-0.4, -0.2) is 16.1 Å². The van der Waals surface area contributed by atoms with Gasteiger partial charge in [0.25, 0.3) is 0 Å². The predicted octanol–water partition coefficient (Wildman–Crippen LogP) is 2.79. The summed E-state index contributed by atoms with van der Waals surface area (Å²) >= 11 is 0. The zero-order valence-corrected chi connectivity index (χ0v) is 9.32. The van der Waals surface area contributed by atoms with Crippen LogP contribution in [0.25, 0.3) is 0 Å². The summed E-state index contributed by atoms with van der Waals surface area (Å²) in [6, 6.07) is 0.362. The lowest BCUT2D eigenvalue weighted by molar-refractivity contribution is 0.112. The summed E-state index contributed by atoms with van der Waals surface area (Å²) < 4.78 is 1.89. The van der Waals surface area contributed by atoms with E-state index in [2.05, 4.69) is 32.8 Å². The number of rotatable bonds is 4. The highest BCUT2D eigenvalue weighted by Gasteiger charge is 2.13. The molecule has 14 heavy (non-hydrogen) atoms. The third-order valence-corrected chi connectivity index (χ3v) is 2.51. The monoisotopic (exact) mass is 194 g/mol. The second-order valence-electron chi connectivity index (χ2n) is 3.98. The third-order valence-electron chi connectivity index (χ3n) is 2.51. The fraction of sp³-hybridized carbons (Fsp3) is 0.636. The molecule has 1 atom stereocenters. The van der Waals surface area contributed by atoms with Crippen LogP contribution in [-0.2, 0) is 0 Å². The normalized spacial score (nSPS) is 13.2. The van der Waals surface area contributed by atoms with E-state index in [0.717, 1.165) is 24.0 Å². The van der Waals surface area contributed by atoms with Crippen molar-refractivity contribution in [3.05, 3.63) is 17.5 Å². The summed E-state index contributed by atoms with van der Waals surface area (Å²) in [5.41, 5.74) is 1.63. The van der Waals surface area contributed by atoms with Gasteiger partial charge in [-0.15, -0.1) is 0 Å². The Bertz CT molecular complexity index is 315. The van der Waals surface area contributed by atoms with Crippen LogP contribution in [0.4, 0.5) is 0 Å². The van der Waals surface area contributed by atoms with Gasteiger partial charge in [0.1, 0.15) is 0 Å². The van der Waals surface area contributed by atoms with Gasteiger partial charge >= 0.3 is 0 Å². The minimum absolute atomic E-state index is 0.306. The number of carbonyl (C=O) groups excluding carboxylic acids is 1. The fourth-order valence-corrected chi connectivity index (χ4v) is 1.37. The number of nitrogens with zero attached hydrogens (tertiary/aromatic N) is 2. The van der Waals surface area contributed by atoms with Crippen LogP contribution < -0.4 is 0 Å². The molecular weight excluding hydrogens is 176 g/mol. The number of hydrogen-bond acceptors (Lipinski definition) is 2. The summed E-state index contributed by atoms with van der Waals surface area (Å²) in [4.78, 5) is 10.8. The predicted molar refractivity (Wildman–Crippen MR) is 56.7 cm³/mol. The minimum Gasteiger partial charge on any atom is -0.298 e. The van der Waals surface area contributed by atoms with Crippen LogP contribution in [0.2, 0.25) is 0 Å². The van der Waals surface area contributed by atoms with E-state index in [4.69, 9.17) is 0 Å². The summed E-state index contributed by atoms with van der Waals surface area (Å²) in [7, 11) is 0. The average molecular weight is 194 g/mol.